The van der Waals surface area contributed by atoms with Gasteiger partial charge >= 0.3 is 0 Å². The number of fused-ring (bicyclic) bond motifs is 1. The number of hydrogen-bond acceptors (Lipinski definition) is 6. The van der Waals surface area contributed by atoms with Crippen LogP contribution in [0.25, 0.3) is 10.8 Å². The van der Waals surface area contributed by atoms with Crippen molar-refractivity contribution in [1.82, 2.24) is 14.8 Å². The number of nitrogens with zero attached hydrogens (tertiary/aromatic N) is 5. The van der Waals surface area contributed by atoms with Crippen LogP contribution in [0.2, 0.25) is 0 Å². The molecule has 132 valence electrons. The molecule has 8 heteroatoms. The second kappa shape index (κ2) is 7.02. The van der Waals surface area contributed by atoms with Gasteiger partial charge in [-0.15, -0.1) is 0 Å². The van der Waals surface area contributed by atoms with Gasteiger partial charge in [0.1, 0.15) is 0 Å². The van der Waals surface area contributed by atoms with Crippen LogP contribution in [0.1, 0.15) is 0 Å². The molecular weight excluding hydrogens is 322 g/mol. The Morgan fingerprint density at radius 1 is 1.20 bits per heavy atom. The van der Waals surface area contributed by atoms with Gasteiger partial charge in [-0.05, 0) is 12.1 Å². The van der Waals surface area contributed by atoms with Crippen molar-refractivity contribution in [2.75, 3.05) is 51.7 Å². The summed E-state index contributed by atoms with van der Waals surface area (Å²) in [7, 11) is 3.52. The number of benzene rings is 1. The number of hydrogen-bond donors (Lipinski definition) is 0. The molecule has 1 amide bonds. The largest absolute Gasteiger partial charge is 0.368 e. The molecule has 0 bridgehead atoms. The molecule has 2 aromatic rings. The molecule has 1 saturated heterocycles. The topological polar surface area (TPSA) is 82.8 Å². The monoisotopic (exact) mass is 343 g/mol. The van der Waals surface area contributed by atoms with Crippen LogP contribution in [0, 0.1) is 10.1 Å². The number of anilines is 1. The number of non-ortho nitro benzene ring substituents is 1. The van der Waals surface area contributed by atoms with Gasteiger partial charge in [-0.1, -0.05) is 0 Å². The molecule has 2 heterocycles. The third-order valence-corrected chi connectivity index (χ3v) is 4.54. The Hall–Kier alpha value is -2.74. The molecule has 1 aromatic carbocycles. The van der Waals surface area contributed by atoms with Gasteiger partial charge in [-0.2, -0.15) is 0 Å². The quantitative estimate of drug-likeness (QED) is 0.616. The van der Waals surface area contributed by atoms with E-state index in [1.165, 1.54) is 0 Å². The lowest BCUT2D eigenvalue weighted by Gasteiger charge is -2.36. The summed E-state index contributed by atoms with van der Waals surface area (Å²) in [5.41, 5.74) is 1.05. The minimum Gasteiger partial charge on any atom is -0.368 e. The number of rotatable bonds is 4. The van der Waals surface area contributed by atoms with Gasteiger partial charge in [0.2, 0.25) is 5.91 Å². The lowest BCUT2D eigenvalue weighted by Crippen LogP contribution is -2.49. The van der Waals surface area contributed by atoms with E-state index in [4.69, 9.17) is 0 Å². The molecule has 0 unspecified atom stereocenters. The van der Waals surface area contributed by atoms with Crippen molar-refractivity contribution in [3.05, 3.63) is 40.7 Å². The summed E-state index contributed by atoms with van der Waals surface area (Å²) in [6, 6.07) is 5.17. The molecule has 0 atom stereocenters. The molecule has 1 fully saturated rings. The van der Waals surface area contributed by atoms with E-state index in [1.54, 1.807) is 43.5 Å². The second-order valence-corrected chi connectivity index (χ2v) is 6.33. The number of likely N-dealkylation sites (N-methyl/N-ethyl adjacent to an activating group) is 1. The van der Waals surface area contributed by atoms with Gasteiger partial charge in [0, 0.05) is 69.8 Å². The summed E-state index contributed by atoms with van der Waals surface area (Å²) in [4.78, 5) is 32.7. The van der Waals surface area contributed by atoms with Crippen LogP contribution < -0.4 is 4.90 Å². The molecule has 0 saturated carbocycles. The highest BCUT2D eigenvalue weighted by Crippen LogP contribution is 2.33. The van der Waals surface area contributed by atoms with Crippen molar-refractivity contribution < 1.29 is 9.72 Å². The SMILES string of the molecule is CN(C)C(=O)CN1CCN(c2ccc([N+](=O)[O-])c3cnccc23)CC1. The number of nitro groups is 1. The molecule has 0 aliphatic carbocycles. The Bertz CT molecular complexity index is 800. The number of piperazine rings is 1. The van der Waals surface area contributed by atoms with Crippen molar-refractivity contribution in [1.29, 1.82) is 0 Å². The van der Waals surface area contributed by atoms with E-state index in [-0.39, 0.29) is 16.5 Å². The Labute approximate surface area is 145 Å². The van der Waals surface area contributed by atoms with Crippen molar-refractivity contribution >= 4 is 28.1 Å². The van der Waals surface area contributed by atoms with Crippen molar-refractivity contribution in [2.24, 2.45) is 0 Å². The average Bonchev–Trinajstić information content (AvgIpc) is 2.61. The van der Waals surface area contributed by atoms with E-state index < -0.39 is 0 Å². The Kier molecular flexibility index (Phi) is 4.80. The standard InChI is InChI=1S/C17H21N5O3/c1-19(2)17(23)12-20-7-9-21(10-8-20)15-3-4-16(22(24)25)14-11-18-6-5-13(14)15/h3-6,11H,7-10,12H2,1-2H3. The summed E-state index contributed by atoms with van der Waals surface area (Å²) in [6.07, 6.45) is 3.20. The highest BCUT2D eigenvalue weighted by atomic mass is 16.6. The zero-order chi connectivity index (χ0) is 18.0. The van der Waals surface area contributed by atoms with E-state index in [1.807, 2.05) is 6.07 Å². The maximum atomic E-state index is 11.8. The number of amides is 1. The van der Waals surface area contributed by atoms with E-state index in [0.29, 0.717) is 11.9 Å². The Morgan fingerprint density at radius 2 is 1.92 bits per heavy atom. The highest BCUT2D eigenvalue weighted by molar-refractivity contribution is 5.99. The second-order valence-electron chi connectivity index (χ2n) is 6.33. The van der Waals surface area contributed by atoms with Gasteiger partial charge in [0.15, 0.2) is 0 Å². The third kappa shape index (κ3) is 3.53. The van der Waals surface area contributed by atoms with Crippen molar-refractivity contribution in [3.63, 3.8) is 0 Å². The number of nitro benzene ring substituents is 1. The molecule has 1 aliphatic heterocycles. The van der Waals surface area contributed by atoms with Crippen molar-refractivity contribution in [2.45, 2.75) is 0 Å². The normalized spacial score (nSPS) is 15.4. The fourth-order valence-electron chi connectivity index (χ4n) is 3.07. The molecule has 1 aromatic heterocycles. The van der Waals surface area contributed by atoms with E-state index in [0.717, 1.165) is 37.3 Å². The minimum absolute atomic E-state index is 0.0714. The first-order valence-corrected chi connectivity index (χ1v) is 8.16. The van der Waals surface area contributed by atoms with Crippen LogP contribution in [-0.4, -0.2) is 72.4 Å². The van der Waals surface area contributed by atoms with Crippen LogP contribution in [0.3, 0.4) is 0 Å². The molecule has 25 heavy (non-hydrogen) atoms. The number of pyridine rings is 1. The number of carbonyl (C=O) groups excluding carboxylic acids is 1. The lowest BCUT2D eigenvalue weighted by molar-refractivity contribution is -0.383. The van der Waals surface area contributed by atoms with Crippen LogP contribution in [0.15, 0.2) is 30.6 Å². The number of carbonyl (C=O) groups is 1. The molecular formula is C17H21N5O3. The smallest absolute Gasteiger partial charge is 0.278 e. The first-order valence-electron chi connectivity index (χ1n) is 8.16. The molecule has 3 rings (SSSR count). The van der Waals surface area contributed by atoms with Crippen molar-refractivity contribution in [3.8, 4) is 0 Å². The molecule has 8 nitrogen and oxygen atoms in total. The highest BCUT2D eigenvalue weighted by Gasteiger charge is 2.23. The summed E-state index contributed by atoms with van der Waals surface area (Å²) >= 11 is 0. The third-order valence-electron chi connectivity index (χ3n) is 4.54. The maximum Gasteiger partial charge on any atom is 0.278 e. The van der Waals surface area contributed by atoms with Crippen LogP contribution in [0.4, 0.5) is 11.4 Å². The predicted octanol–water partition coefficient (Wildman–Crippen LogP) is 1.35. The Balaban J connectivity index is 1.79. The van der Waals surface area contributed by atoms with Crippen LogP contribution in [0.5, 0.6) is 0 Å². The fraction of sp³-hybridized carbons (Fsp3) is 0.412. The fourth-order valence-corrected chi connectivity index (χ4v) is 3.07. The first-order chi connectivity index (χ1) is 12.0. The van der Waals surface area contributed by atoms with Gasteiger partial charge in [-0.25, -0.2) is 0 Å². The van der Waals surface area contributed by atoms with Crippen LogP contribution in [-0.2, 0) is 4.79 Å². The summed E-state index contributed by atoms with van der Waals surface area (Å²) < 4.78 is 0. The zero-order valence-electron chi connectivity index (χ0n) is 14.4. The lowest BCUT2D eigenvalue weighted by atomic mass is 10.1. The van der Waals surface area contributed by atoms with Gasteiger partial charge < -0.3 is 9.80 Å². The van der Waals surface area contributed by atoms with Gasteiger partial charge in [-0.3, -0.25) is 24.8 Å². The molecule has 0 spiro atoms. The summed E-state index contributed by atoms with van der Waals surface area (Å²) in [5.74, 6) is 0.0975. The minimum atomic E-state index is -0.376. The van der Waals surface area contributed by atoms with Crippen LogP contribution >= 0.6 is 0 Å². The summed E-state index contributed by atoms with van der Waals surface area (Å²) in [5, 5.41) is 12.6. The predicted molar refractivity (Wildman–Crippen MR) is 95.7 cm³/mol. The molecule has 1 aliphatic rings. The first kappa shape index (κ1) is 17.1. The van der Waals surface area contributed by atoms with Gasteiger partial charge in [0.05, 0.1) is 16.9 Å². The Morgan fingerprint density at radius 3 is 2.56 bits per heavy atom. The molecule has 0 radical (unpaired) electrons. The van der Waals surface area contributed by atoms with E-state index >= 15 is 0 Å². The maximum absolute atomic E-state index is 11.8. The average molecular weight is 343 g/mol. The molecule has 0 N–H and O–H groups in total. The zero-order valence-corrected chi connectivity index (χ0v) is 14.4. The van der Waals surface area contributed by atoms with E-state index in [9.17, 15) is 14.9 Å². The number of aromatic nitrogens is 1. The van der Waals surface area contributed by atoms with Gasteiger partial charge in [0.25, 0.3) is 5.69 Å². The summed E-state index contributed by atoms with van der Waals surface area (Å²) in [6.45, 7) is 3.53. The van der Waals surface area contributed by atoms with E-state index in [2.05, 4.69) is 14.8 Å².